The van der Waals surface area contributed by atoms with Crippen LogP contribution in [0, 0.1) is 0 Å². The fourth-order valence-corrected chi connectivity index (χ4v) is 4.67. The third-order valence-electron chi connectivity index (χ3n) is 6.69. The molecule has 41 heavy (non-hydrogen) atoms. The van der Waals surface area contributed by atoms with Gasteiger partial charge in [-0.05, 0) is 25.2 Å². The van der Waals surface area contributed by atoms with E-state index < -0.39 is 24.8 Å². The molecule has 1 aliphatic rings. The van der Waals surface area contributed by atoms with E-state index in [1.807, 2.05) is 11.9 Å². The average molecular weight is 577 g/mol. The lowest BCUT2D eigenvalue weighted by Crippen LogP contribution is -2.39. The Kier molecular flexibility index (Phi) is 8.17. The first-order valence-corrected chi connectivity index (χ1v) is 12.8. The summed E-state index contributed by atoms with van der Waals surface area (Å²) in [5.41, 5.74) is 1.28. The van der Waals surface area contributed by atoms with Crippen molar-refractivity contribution in [1.29, 1.82) is 0 Å². The number of imidazole rings is 1. The molecule has 11 nitrogen and oxygen atoms in total. The molecular formula is C26H28F4N8O3. The Morgan fingerprint density at radius 3 is 2.90 bits per heavy atom. The van der Waals surface area contributed by atoms with Gasteiger partial charge in [-0.2, -0.15) is 18.2 Å². The van der Waals surface area contributed by atoms with E-state index in [1.165, 1.54) is 24.7 Å². The van der Waals surface area contributed by atoms with Gasteiger partial charge in [-0.3, -0.25) is 9.79 Å². The van der Waals surface area contributed by atoms with Crippen LogP contribution in [0.25, 0.3) is 22.4 Å². The van der Waals surface area contributed by atoms with Crippen molar-refractivity contribution in [3.05, 3.63) is 48.4 Å². The van der Waals surface area contributed by atoms with Gasteiger partial charge in [-0.15, -0.1) is 0 Å². The molecular weight excluding hydrogens is 548 g/mol. The third-order valence-corrected chi connectivity index (χ3v) is 6.69. The lowest BCUT2D eigenvalue weighted by molar-refractivity contribution is -0.139. The summed E-state index contributed by atoms with van der Waals surface area (Å²) >= 11 is 0. The molecule has 1 aromatic carbocycles. The Bertz CT molecular complexity index is 1560. The minimum absolute atomic E-state index is 0.00724. The number of amides is 1. The molecule has 0 saturated carbocycles. The first-order valence-electron chi connectivity index (χ1n) is 12.8. The molecule has 0 bridgehead atoms. The van der Waals surface area contributed by atoms with E-state index in [0.717, 1.165) is 4.57 Å². The van der Waals surface area contributed by atoms with E-state index in [0.29, 0.717) is 48.6 Å². The highest BCUT2D eigenvalue weighted by atomic mass is 19.4. The van der Waals surface area contributed by atoms with Crippen molar-refractivity contribution >= 4 is 28.2 Å². The number of halogens is 4. The molecule has 0 radical (unpaired) electrons. The number of benzene rings is 1. The molecule has 3 aromatic heterocycles. The highest BCUT2D eigenvalue weighted by Crippen LogP contribution is 2.35. The van der Waals surface area contributed by atoms with Crippen molar-refractivity contribution in [2.45, 2.75) is 38.4 Å². The van der Waals surface area contributed by atoms with Crippen LogP contribution < -0.4 is 5.32 Å². The number of likely N-dealkylation sites (tertiary alicyclic amines) is 1. The van der Waals surface area contributed by atoms with Gasteiger partial charge in [0.2, 0.25) is 11.7 Å². The number of fused-ring (bicyclic) bond motifs is 1. The van der Waals surface area contributed by atoms with Crippen molar-refractivity contribution in [2.24, 2.45) is 4.99 Å². The summed E-state index contributed by atoms with van der Waals surface area (Å²) in [4.78, 5) is 27.2. The molecule has 0 spiro atoms. The molecule has 1 aliphatic heterocycles. The molecule has 1 saturated heterocycles. The van der Waals surface area contributed by atoms with E-state index in [4.69, 9.17) is 9.26 Å². The van der Waals surface area contributed by atoms with E-state index in [9.17, 15) is 22.4 Å². The minimum atomic E-state index is -4.55. The maximum atomic E-state index is 14.7. The Labute approximate surface area is 231 Å². The van der Waals surface area contributed by atoms with Gasteiger partial charge in [0, 0.05) is 38.6 Å². The summed E-state index contributed by atoms with van der Waals surface area (Å²) in [6.45, 7) is 0.167. The zero-order valence-electron chi connectivity index (χ0n) is 22.4. The van der Waals surface area contributed by atoms with Crippen LogP contribution in [-0.2, 0) is 24.4 Å². The largest absolute Gasteiger partial charge is 0.406 e. The third kappa shape index (κ3) is 6.46. The second-order valence-corrected chi connectivity index (χ2v) is 9.68. The number of aliphatic imine (C=N–C) groups is 1. The lowest BCUT2D eigenvalue weighted by atomic mass is 10.1. The topological polar surface area (TPSA) is 116 Å². The first-order chi connectivity index (χ1) is 19.6. The monoisotopic (exact) mass is 576 g/mol. The molecule has 4 aromatic rings. The molecule has 1 atom stereocenters. The van der Waals surface area contributed by atoms with Gasteiger partial charge in [0.15, 0.2) is 6.17 Å². The number of carbonyl (C=O) groups is 1. The maximum absolute atomic E-state index is 14.7. The number of ether oxygens (including phenoxy) is 1. The predicted molar refractivity (Wildman–Crippen MR) is 141 cm³/mol. The van der Waals surface area contributed by atoms with Crippen LogP contribution in [0.1, 0.15) is 22.8 Å². The Morgan fingerprint density at radius 1 is 1.32 bits per heavy atom. The van der Waals surface area contributed by atoms with Crippen molar-refractivity contribution in [3.63, 3.8) is 0 Å². The highest BCUT2D eigenvalue weighted by Gasteiger charge is 2.31. The normalized spacial score (nSPS) is 17.5. The molecule has 1 amide bonds. The fourth-order valence-electron chi connectivity index (χ4n) is 4.67. The van der Waals surface area contributed by atoms with Crippen LogP contribution in [0.2, 0.25) is 0 Å². The van der Waals surface area contributed by atoms with Crippen molar-refractivity contribution in [2.75, 3.05) is 33.9 Å². The fraction of sp³-hybridized carbons (Fsp3) is 0.423. The number of hydrogen-bond donors (Lipinski definition) is 1. The van der Waals surface area contributed by atoms with E-state index in [1.54, 1.807) is 23.8 Å². The Hall–Kier alpha value is -4.11. The van der Waals surface area contributed by atoms with Gasteiger partial charge >= 0.3 is 6.18 Å². The van der Waals surface area contributed by atoms with Crippen LogP contribution in [0.15, 0.2) is 46.3 Å². The second kappa shape index (κ2) is 11.8. The second-order valence-electron chi connectivity index (χ2n) is 9.68. The summed E-state index contributed by atoms with van der Waals surface area (Å²) < 4.78 is 68.5. The zero-order chi connectivity index (χ0) is 29.1. The summed E-state index contributed by atoms with van der Waals surface area (Å²) in [5.74, 6) is -0.554. The summed E-state index contributed by atoms with van der Waals surface area (Å²) in [6, 6.07) is 6.24. The number of aromatic nitrogens is 5. The number of nitrogens with zero attached hydrogens (tertiary/aromatic N) is 7. The van der Waals surface area contributed by atoms with Gasteiger partial charge in [0.25, 0.3) is 5.91 Å². The number of nitrogens with one attached hydrogen (secondary N) is 1. The van der Waals surface area contributed by atoms with Crippen LogP contribution in [-0.4, -0.2) is 87.0 Å². The number of carbonyl (C=O) groups excluding carboxylic acids is 1. The van der Waals surface area contributed by atoms with Crippen LogP contribution in [0.3, 0.4) is 0 Å². The van der Waals surface area contributed by atoms with E-state index in [2.05, 4.69) is 25.4 Å². The summed E-state index contributed by atoms with van der Waals surface area (Å²) in [6.07, 6.45) is -2.51. The smallest absolute Gasteiger partial charge is 0.383 e. The lowest BCUT2D eigenvalue weighted by Gasteiger charge is -2.26. The first kappa shape index (κ1) is 28.4. The molecule has 218 valence electrons. The van der Waals surface area contributed by atoms with Crippen LogP contribution in [0.5, 0.6) is 0 Å². The van der Waals surface area contributed by atoms with Gasteiger partial charge in [0.1, 0.15) is 12.2 Å². The van der Waals surface area contributed by atoms with Crippen LogP contribution in [0.4, 0.5) is 23.2 Å². The van der Waals surface area contributed by atoms with Gasteiger partial charge in [-0.25, -0.2) is 9.37 Å². The predicted octanol–water partition coefficient (Wildman–Crippen LogP) is 3.77. The van der Waals surface area contributed by atoms with Crippen molar-refractivity contribution in [3.8, 4) is 11.5 Å². The zero-order valence-corrected chi connectivity index (χ0v) is 22.4. The Balaban J connectivity index is 1.43. The molecule has 0 aliphatic carbocycles. The summed E-state index contributed by atoms with van der Waals surface area (Å²) in [7, 11) is 3.36. The van der Waals surface area contributed by atoms with E-state index in [-0.39, 0.29) is 36.0 Å². The molecule has 1 fully saturated rings. The minimum Gasteiger partial charge on any atom is -0.383 e. The number of methoxy groups -OCH3 is 1. The summed E-state index contributed by atoms with van der Waals surface area (Å²) in [5, 5.41) is 6.92. The number of rotatable bonds is 9. The van der Waals surface area contributed by atoms with Gasteiger partial charge < -0.3 is 28.6 Å². The SMILES string of the molecule is COCCn1cncc1C(=O)NCc1nc(-c2cc3c(N=C4CCN(C)C[C@@H]4F)cccc3n2CC(F)(F)F)no1. The molecule has 15 heteroatoms. The molecule has 4 heterocycles. The van der Waals surface area contributed by atoms with Crippen molar-refractivity contribution in [1.82, 2.24) is 34.5 Å². The van der Waals surface area contributed by atoms with Gasteiger partial charge in [0.05, 0.1) is 48.3 Å². The van der Waals surface area contributed by atoms with Crippen LogP contribution >= 0.6 is 0 Å². The van der Waals surface area contributed by atoms with E-state index >= 15 is 0 Å². The number of hydrogen-bond acceptors (Lipinski definition) is 8. The number of piperidine rings is 1. The molecule has 1 N–H and O–H groups in total. The van der Waals surface area contributed by atoms with Gasteiger partial charge in [-0.1, -0.05) is 11.2 Å². The molecule has 0 unspecified atom stereocenters. The average Bonchev–Trinajstić information content (AvgIpc) is 3.66. The highest BCUT2D eigenvalue weighted by molar-refractivity contribution is 5.99. The molecule has 5 rings (SSSR count). The quantitative estimate of drug-likeness (QED) is 0.302. The maximum Gasteiger partial charge on any atom is 0.406 e. The van der Waals surface area contributed by atoms with Crippen molar-refractivity contribution < 1.29 is 31.6 Å². The standard InChI is InChI=1S/C26H28F4N8O3/c1-36-7-6-19(17(27)13-36)33-18-4-3-5-20-16(18)10-21(38(20)14-26(28,29)30)24-34-23(41-35-24)12-32-25(39)22-11-31-15-37(22)8-9-40-2/h3-5,10-11,15,17H,6-9,12-14H2,1-2H3,(H,32,39)/t17-/m0/s1. The Morgan fingerprint density at radius 2 is 2.15 bits per heavy atom. The number of alkyl halides is 4.